The molecule has 0 aliphatic heterocycles. The number of carbonyl (C=O) groups is 1. The van der Waals surface area contributed by atoms with Crippen molar-refractivity contribution in [1.29, 1.82) is 0 Å². The van der Waals surface area contributed by atoms with Crippen molar-refractivity contribution in [2.24, 2.45) is 0 Å². The van der Waals surface area contributed by atoms with Crippen molar-refractivity contribution in [1.82, 2.24) is 4.90 Å². The summed E-state index contributed by atoms with van der Waals surface area (Å²) in [4.78, 5) is 14.3. The summed E-state index contributed by atoms with van der Waals surface area (Å²) < 4.78 is 2.05. The summed E-state index contributed by atoms with van der Waals surface area (Å²) in [5, 5.41) is 9.22. The molecule has 0 spiro atoms. The number of nitrogens with zero attached hydrogens (tertiary/aromatic N) is 1. The van der Waals surface area contributed by atoms with Gasteiger partial charge in [0.05, 0.1) is 3.79 Å². The number of hydrogen-bond donors (Lipinski definition) is 1. The molecule has 0 aromatic carbocycles. The van der Waals surface area contributed by atoms with Crippen LogP contribution in [0, 0.1) is 0 Å². The van der Waals surface area contributed by atoms with Gasteiger partial charge in [0.1, 0.15) is 5.54 Å². The lowest BCUT2D eigenvalue weighted by molar-refractivity contribution is -0.149. The molecule has 0 amide bonds. The van der Waals surface area contributed by atoms with E-state index in [0.29, 0.717) is 13.1 Å². The number of likely N-dealkylation sites (N-methyl/N-ethyl adjacent to an activating group) is 1. The molecule has 0 radical (unpaired) electrons. The molecule has 0 fully saturated rings. The first-order valence-electron chi connectivity index (χ1n) is 5.21. The highest BCUT2D eigenvalue weighted by Crippen LogP contribution is 2.33. The number of hydrogen-bond acceptors (Lipinski definition) is 3. The van der Waals surface area contributed by atoms with Gasteiger partial charge in [-0.3, -0.25) is 9.69 Å². The van der Waals surface area contributed by atoms with E-state index in [1.807, 2.05) is 17.9 Å². The van der Waals surface area contributed by atoms with Crippen LogP contribution in [-0.4, -0.2) is 28.1 Å². The van der Waals surface area contributed by atoms with Crippen molar-refractivity contribution in [2.75, 3.05) is 6.54 Å². The van der Waals surface area contributed by atoms with Crippen LogP contribution >= 0.6 is 43.2 Å². The zero-order chi connectivity index (χ0) is 13.2. The van der Waals surface area contributed by atoms with E-state index in [1.54, 1.807) is 25.2 Å². The summed E-state index contributed by atoms with van der Waals surface area (Å²) in [6.07, 6.45) is 0. The summed E-state index contributed by atoms with van der Waals surface area (Å²) >= 11 is 8.50. The molecule has 1 heterocycles. The van der Waals surface area contributed by atoms with Gasteiger partial charge in [-0.05, 0) is 58.3 Å². The maximum atomic E-state index is 11.2. The predicted octanol–water partition coefficient (Wildman–Crippen LogP) is 3.96. The molecule has 1 rings (SSSR count). The van der Waals surface area contributed by atoms with Crippen molar-refractivity contribution in [3.63, 3.8) is 0 Å². The molecule has 0 saturated heterocycles. The Morgan fingerprint density at radius 2 is 2.12 bits per heavy atom. The third-order valence-electron chi connectivity index (χ3n) is 2.74. The van der Waals surface area contributed by atoms with Gasteiger partial charge >= 0.3 is 5.97 Å². The number of carboxylic acids is 1. The molecular formula is C11H15Br2NO2S. The molecule has 0 unspecified atom stereocenters. The van der Waals surface area contributed by atoms with E-state index < -0.39 is 11.5 Å². The van der Waals surface area contributed by atoms with E-state index in [0.717, 1.165) is 13.1 Å². The van der Waals surface area contributed by atoms with Crippen molar-refractivity contribution >= 4 is 49.2 Å². The van der Waals surface area contributed by atoms with Crippen molar-refractivity contribution in [2.45, 2.75) is 32.9 Å². The standard InChI is InChI=1S/C11H15Br2NO2S/c1-4-14(11(2,3)10(15)16)6-7-5-8(12)9(13)17-7/h5H,4,6H2,1-3H3,(H,15,16). The van der Waals surface area contributed by atoms with Gasteiger partial charge in [-0.15, -0.1) is 11.3 Å². The first kappa shape index (κ1) is 15.1. The maximum Gasteiger partial charge on any atom is 0.323 e. The predicted molar refractivity (Wildman–Crippen MR) is 77.5 cm³/mol. The molecule has 0 saturated carbocycles. The highest BCUT2D eigenvalue weighted by atomic mass is 79.9. The van der Waals surface area contributed by atoms with Crippen LogP contribution in [0.25, 0.3) is 0 Å². The van der Waals surface area contributed by atoms with Gasteiger partial charge in [0.2, 0.25) is 0 Å². The smallest absolute Gasteiger partial charge is 0.323 e. The minimum Gasteiger partial charge on any atom is -0.480 e. The van der Waals surface area contributed by atoms with Crippen LogP contribution in [0.3, 0.4) is 0 Å². The SMILES string of the molecule is CCN(Cc1cc(Br)c(Br)s1)C(C)(C)C(=O)O. The van der Waals surface area contributed by atoms with Gasteiger partial charge in [-0.1, -0.05) is 6.92 Å². The lowest BCUT2D eigenvalue weighted by Gasteiger charge is -2.33. The van der Waals surface area contributed by atoms with Gasteiger partial charge in [0.25, 0.3) is 0 Å². The zero-order valence-corrected chi connectivity index (χ0v) is 13.9. The molecular weight excluding hydrogens is 370 g/mol. The highest BCUT2D eigenvalue weighted by molar-refractivity contribution is 9.13. The average molecular weight is 385 g/mol. The van der Waals surface area contributed by atoms with Crippen LogP contribution in [0.5, 0.6) is 0 Å². The quantitative estimate of drug-likeness (QED) is 0.835. The Bertz CT molecular complexity index is 398. The topological polar surface area (TPSA) is 40.5 Å². The second kappa shape index (κ2) is 5.82. The Balaban J connectivity index is 2.87. The summed E-state index contributed by atoms with van der Waals surface area (Å²) in [7, 11) is 0. The number of halogens is 2. The van der Waals surface area contributed by atoms with Crippen LogP contribution in [0.2, 0.25) is 0 Å². The molecule has 1 aromatic heterocycles. The van der Waals surface area contributed by atoms with Crippen LogP contribution in [0.4, 0.5) is 0 Å². The van der Waals surface area contributed by atoms with Gasteiger partial charge in [-0.25, -0.2) is 0 Å². The van der Waals surface area contributed by atoms with E-state index in [9.17, 15) is 9.90 Å². The van der Waals surface area contributed by atoms with Crippen LogP contribution in [0.15, 0.2) is 14.3 Å². The summed E-state index contributed by atoms with van der Waals surface area (Å²) in [6, 6.07) is 2.02. The van der Waals surface area contributed by atoms with Gasteiger partial charge in [0.15, 0.2) is 0 Å². The summed E-state index contributed by atoms with van der Waals surface area (Å²) in [6.45, 7) is 6.78. The molecule has 96 valence electrons. The highest BCUT2D eigenvalue weighted by Gasteiger charge is 2.33. The van der Waals surface area contributed by atoms with E-state index in [4.69, 9.17) is 0 Å². The third kappa shape index (κ3) is 3.53. The first-order chi connectivity index (χ1) is 7.78. The van der Waals surface area contributed by atoms with Gasteiger partial charge in [0, 0.05) is 15.9 Å². The van der Waals surface area contributed by atoms with Crippen molar-refractivity contribution < 1.29 is 9.90 Å². The Kier molecular flexibility index (Phi) is 5.19. The summed E-state index contributed by atoms with van der Waals surface area (Å²) in [5.41, 5.74) is -0.850. The first-order valence-corrected chi connectivity index (χ1v) is 7.61. The fourth-order valence-corrected chi connectivity index (χ4v) is 3.69. The summed E-state index contributed by atoms with van der Waals surface area (Å²) in [5.74, 6) is -0.797. The van der Waals surface area contributed by atoms with E-state index in [2.05, 4.69) is 31.9 Å². The number of aliphatic carboxylic acids is 1. The second-order valence-electron chi connectivity index (χ2n) is 4.21. The Morgan fingerprint density at radius 1 is 1.53 bits per heavy atom. The molecule has 1 N–H and O–H groups in total. The molecule has 0 aliphatic carbocycles. The van der Waals surface area contributed by atoms with Gasteiger partial charge < -0.3 is 5.11 Å². The van der Waals surface area contributed by atoms with Crippen LogP contribution < -0.4 is 0 Å². The lowest BCUT2D eigenvalue weighted by Crippen LogP contribution is -2.49. The lowest BCUT2D eigenvalue weighted by atomic mass is 10.0. The molecule has 17 heavy (non-hydrogen) atoms. The van der Waals surface area contributed by atoms with E-state index in [1.165, 1.54) is 0 Å². The largest absolute Gasteiger partial charge is 0.480 e. The minimum atomic E-state index is -0.850. The normalized spacial score (nSPS) is 12.1. The minimum absolute atomic E-state index is 0.644. The molecule has 6 heteroatoms. The Morgan fingerprint density at radius 3 is 2.47 bits per heavy atom. The molecule has 3 nitrogen and oxygen atoms in total. The number of rotatable bonds is 5. The molecule has 1 aromatic rings. The fourth-order valence-electron chi connectivity index (χ4n) is 1.50. The Labute approximate surface area is 122 Å². The van der Waals surface area contributed by atoms with E-state index in [-0.39, 0.29) is 0 Å². The number of carboxylic acid groups (broad SMARTS) is 1. The van der Waals surface area contributed by atoms with E-state index >= 15 is 0 Å². The van der Waals surface area contributed by atoms with Crippen LogP contribution in [-0.2, 0) is 11.3 Å². The fraction of sp³-hybridized carbons (Fsp3) is 0.545. The van der Waals surface area contributed by atoms with Crippen LogP contribution in [0.1, 0.15) is 25.6 Å². The second-order valence-corrected chi connectivity index (χ2v) is 7.52. The van der Waals surface area contributed by atoms with Gasteiger partial charge in [-0.2, -0.15) is 0 Å². The van der Waals surface area contributed by atoms with Crippen molar-refractivity contribution in [3.8, 4) is 0 Å². The molecule has 0 atom stereocenters. The zero-order valence-electron chi connectivity index (χ0n) is 9.96. The average Bonchev–Trinajstić information content (AvgIpc) is 2.54. The van der Waals surface area contributed by atoms with Crippen molar-refractivity contribution in [3.05, 3.63) is 19.2 Å². The molecule has 0 bridgehead atoms. The Hall–Kier alpha value is 0.0900. The maximum absolute atomic E-state index is 11.2. The monoisotopic (exact) mass is 383 g/mol. The third-order valence-corrected chi connectivity index (χ3v) is 5.98. The molecule has 0 aliphatic rings. The number of thiophene rings is 1.